The molecule has 26 heavy (non-hydrogen) atoms. The van der Waals surface area contributed by atoms with Crippen molar-refractivity contribution in [3.05, 3.63) is 64.4 Å². The van der Waals surface area contributed by atoms with E-state index in [1.807, 2.05) is 6.07 Å². The van der Waals surface area contributed by atoms with Crippen molar-refractivity contribution >= 4 is 28.9 Å². The summed E-state index contributed by atoms with van der Waals surface area (Å²) < 4.78 is 19.3. The van der Waals surface area contributed by atoms with Gasteiger partial charge < -0.3 is 20.5 Å². The number of benzene rings is 2. The molecule has 138 valence electrons. The lowest BCUT2D eigenvalue weighted by Gasteiger charge is -2.19. The summed E-state index contributed by atoms with van der Waals surface area (Å²) in [5, 5.41) is 17.2. The van der Waals surface area contributed by atoms with Gasteiger partial charge in [-0.25, -0.2) is 4.39 Å². The second-order valence-corrected chi connectivity index (χ2v) is 7.02. The second-order valence-electron chi connectivity index (χ2n) is 6.17. The first-order valence-corrected chi connectivity index (χ1v) is 9.19. The third kappa shape index (κ3) is 4.84. The number of aliphatic hydroxyl groups excluding tert-OH is 1. The average molecular weight is 395 g/mol. The number of nitrogens with one attached hydrogen (secondary N) is 2. The summed E-state index contributed by atoms with van der Waals surface area (Å²) in [4.78, 5) is 0. The highest BCUT2D eigenvalue weighted by atomic mass is 35.5. The highest BCUT2D eigenvalue weighted by Gasteiger charge is 2.25. The van der Waals surface area contributed by atoms with Gasteiger partial charge in [0.1, 0.15) is 24.3 Å². The lowest BCUT2D eigenvalue weighted by Crippen LogP contribution is -2.42. The molecule has 2 aromatic rings. The van der Waals surface area contributed by atoms with Gasteiger partial charge in [0, 0.05) is 11.6 Å². The number of aliphatic hydroxyl groups is 1. The van der Waals surface area contributed by atoms with Gasteiger partial charge in [-0.05, 0) is 66.5 Å². The number of thiocarbonyl (C=S) groups is 1. The van der Waals surface area contributed by atoms with Gasteiger partial charge in [0.2, 0.25) is 0 Å². The molecule has 0 aromatic heterocycles. The Hall–Kier alpha value is -1.89. The van der Waals surface area contributed by atoms with Gasteiger partial charge >= 0.3 is 0 Å². The van der Waals surface area contributed by atoms with E-state index in [2.05, 4.69) is 10.6 Å². The maximum absolute atomic E-state index is 13.8. The topological polar surface area (TPSA) is 53.5 Å². The molecule has 3 N–H and O–H groups in total. The van der Waals surface area contributed by atoms with Crippen molar-refractivity contribution in [3.63, 3.8) is 0 Å². The van der Waals surface area contributed by atoms with Crippen molar-refractivity contribution in [2.24, 2.45) is 0 Å². The summed E-state index contributed by atoms with van der Waals surface area (Å²) >= 11 is 11.1. The number of ether oxygens (including phenoxy) is 1. The van der Waals surface area contributed by atoms with Crippen molar-refractivity contribution in [3.8, 4) is 5.75 Å². The first kappa shape index (κ1) is 18.9. The smallest absolute Gasteiger partial charge is 0.166 e. The Morgan fingerprint density at radius 3 is 2.85 bits per heavy atom. The third-order valence-electron chi connectivity index (χ3n) is 4.27. The van der Waals surface area contributed by atoms with Crippen LogP contribution in [-0.2, 0) is 6.42 Å². The van der Waals surface area contributed by atoms with Crippen molar-refractivity contribution in [1.82, 2.24) is 10.6 Å². The van der Waals surface area contributed by atoms with Gasteiger partial charge in [0.25, 0.3) is 0 Å². The zero-order valence-corrected chi connectivity index (χ0v) is 15.6. The fourth-order valence-electron chi connectivity index (χ4n) is 2.96. The van der Waals surface area contributed by atoms with Crippen LogP contribution in [0.3, 0.4) is 0 Å². The minimum atomic E-state index is -0.723. The van der Waals surface area contributed by atoms with Gasteiger partial charge in [-0.3, -0.25) is 0 Å². The molecule has 3 rings (SSSR count). The van der Waals surface area contributed by atoms with E-state index in [1.165, 1.54) is 6.07 Å². The number of hydrogen-bond acceptors (Lipinski definition) is 3. The van der Waals surface area contributed by atoms with Crippen LogP contribution in [0.25, 0.3) is 0 Å². The van der Waals surface area contributed by atoms with E-state index >= 15 is 0 Å². The van der Waals surface area contributed by atoms with Gasteiger partial charge in [0.05, 0.1) is 6.04 Å². The summed E-state index contributed by atoms with van der Waals surface area (Å²) in [6.45, 7) is 0.386. The van der Waals surface area contributed by atoms with E-state index in [0.29, 0.717) is 22.3 Å². The standard InChI is InChI=1S/C19H20ClFN2O2S/c20-12-4-6-14(7-5-12)25-11-13(24)10-22-19(26)23-18-9-8-15-16(18)2-1-3-17(15)21/h1-7,13,18,24H,8-11H2,(H2,22,23,26). The maximum Gasteiger partial charge on any atom is 0.166 e. The number of fused-ring (bicyclic) bond motifs is 1. The molecule has 1 aliphatic carbocycles. The maximum atomic E-state index is 13.8. The van der Waals surface area contributed by atoms with Crippen LogP contribution in [0.4, 0.5) is 4.39 Å². The quantitative estimate of drug-likeness (QED) is 0.656. The Morgan fingerprint density at radius 2 is 2.08 bits per heavy atom. The lowest BCUT2D eigenvalue weighted by molar-refractivity contribution is 0.110. The van der Waals surface area contributed by atoms with Gasteiger partial charge in [0.15, 0.2) is 5.11 Å². The monoisotopic (exact) mass is 394 g/mol. The molecule has 0 radical (unpaired) electrons. The molecule has 0 bridgehead atoms. The normalized spacial score (nSPS) is 16.7. The zero-order chi connectivity index (χ0) is 18.5. The van der Waals surface area contributed by atoms with Crippen LogP contribution >= 0.6 is 23.8 Å². The fraction of sp³-hybridized carbons (Fsp3) is 0.316. The van der Waals surface area contributed by atoms with E-state index in [-0.39, 0.29) is 25.0 Å². The van der Waals surface area contributed by atoms with Crippen molar-refractivity contribution in [2.75, 3.05) is 13.2 Å². The van der Waals surface area contributed by atoms with E-state index in [4.69, 9.17) is 28.6 Å². The molecule has 2 atom stereocenters. The summed E-state index contributed by atoms with van der Waals surface area (Å²) in [7, 11) is 0. The average Bonchev–Trinajstić information content (AvgIpc) is 3.04. The molecule has 1 aliphatic rings. The molecule has 7 heteroatoms. The van der Waals surface area contributed by atoms with Gasteiger partial charge in [-0.2, -0.15) is 0 Å². The van der Waals surface area contributed by atoms with E-state index in [1.54, 1.807) is 30.3 Å². The van der Waals surface area contributed by atoms with Crippen molar-refractivity contribution < 1.29 is 14.2 Å². The van der Waals surface area contributed by atoms with Gasteiger partial charge in [-0.1, -0.05) is 23.7 Å². The molecular formula is C19H20ClFN2O2S. The van der Waals surface area contributed by atoms with Crippen LogP contribution < -0.4 is 15.4 Å². The molecule has 4 nitrogen and oxygen atoms in total. The molecule has 0 spiro atoms. The third-order valence-corrected chi connectivity index (χ3v) is 4.79. The van der Waals surface area contributed by atoms with Crippen LogP contribution in [0.5, 0.6) is 5.75 Å². The number of rotatable bonds is 6. The fourth-order valence-corrected chi connectivity index (χ4v) is 3.31. The van der Waals surface area contributed by atoms with Crippen molar-refractivity contribution in [1.29, 1.82) is 0 Å². The predicted octanol–water partition coefficient (Wildman–Crippen LogP) is 3.37. The Kier molecular flexibility index (Phi) is 6.29. The molecule has 0 amide bonds. The summed E-state index contributed by atoms with van der Waals surface area (Å²) in [5.41, 5.74) is 1.70. The van der Waals surface area contributed by atoms with E-state index in [9.17, 15) is 9.50 Å². The predicted molar refractivity (Wildman–Crippen MR) is 104 cm³/mol. The largest absolute Gasteiger partial charge is 0.491 e. The van der Waals surface area contributed by atoms with Crippen LogP contribution in [0.15, 0.2) is 42.5 Å². The lowest BCUT2D eigenvalue weighted by atomic mass is 10.1. The Bertz CT molecular complexity index is 773. The van der Waals surface area contributed by atoms with Crippen LogP contribution in [-0.4, -0.2) is 29.5 Å². The Balaban J connectivity index is 1.42. The first-order chi connectivity index (χ1) is 12.5. The zero-order valence-electron chi connectivity index (χ0n) is 14.0. The molecule has 0 aliphatic heterocycles. The molecule has 0 fully saturated rings. The summed E-state index contributed by atoms with van der Waals surface area (Å²) in [6, 6.07) is 12.0. The molecule has 0 heterocycles. The van der Waals surface area contributed by atoms with Crippen molar-refractivity contribution in [2.45, 2.75) is 25.0 Å². The first-order valence-electron chi connectivity index (χ1n) is 8.41. The van der Waals surface area contributed by atoms with Crippen LogP contribution in [0.1, 0.15) is 23.6 Å². The highest BCUT2D eigenvalue weighted by Crippen LogP contribution is 2.32. The highest BCUT2D eigenvalue weighted by molar-refractivity contribution is 7.80. The second kappa shape index (κ2) is 8.66. The SMILES string of the molecule is OC(CNC(=S)NC1CCc2c(F)cccc21)COc1ccc(Cl)cc1. The molecule has 2 aromatic carbocycles. The van der Waals surface area contributed by atoms with E-state index in [0.717, 1.165) is 17.5 Å². The minimum absolute atomic E-state index is 0.0110. The van der Waals surface area contributed by atoms with E-state index < -0.39 is 6.10 Å². The number of halogens is 2. The molecular weight excluding hydrogens is 375 g/mol. The summed E-state index contributed by atoms with van der Waals surface area (Å²) in [6.07, 6.45) is 0.763. The Labute approximate surface area is 162 Å². The molecule has 2 unspecified atom stereocenters. The minimum Gasteiger partial charge on any atom is -0.491 e. The molecule has 0 saturated carbocycles. The van der Waals surface area contributed by atoms with Crippen LogP contribution in [0, 0.1) is 5.82 Å². The van der Waals surface area contributed by atoms with Gasteiger partial charge in [-0.15, -0.1) is 0 Å². The summed E-state index contributed by atoms with van der Waals surface area (Å²) in [5.74, 6) is 0.471. The number of hydrogen-bond donors (Lipinski definition) is 3. The Morgan fingerprint density at radius 1 is 1.31 bits per heavy atom. The molecule has 0 saturated heterocycles. The van der Waals surface area contributed by atoms with Crippen LogP contribution in [0.2, 0.25) is 5.02 Å².